The van der Waals surface area contributed by atoms with E-state index in [9.17, 15) is 4.79 Å². The van der Waals surface area contributed by atoms with E-state index >= 15 is 0 Å². The third kappa shape index (κ3) is 2.68. The molecule has 0 radical (unpaired) electrons. The molecule has 2 aromatic rings. The lowest BCUT2D eigenvalue weighted by molar-refractivity contribution is 0.0689. The summed E-state index contributed by atoms with van der Waals surface area (Å²) >= 11 is 0. The number of aromatic nitrogens is 5. The molecule has 1 N–H and O–H groups in total. The van der Waals surface area contributed by atoms with Gasteiger partial charge in [-0.3, -0.25) is 0 Å². The van der Waals surface area contributed by atoms with Crippen molar-refractivity contribution in [2.75, 3.05) is 0 Å². The van der Waals surface area contributed by atoms with Gasteiger partial charge in [0, 0.05) is 5.41 Å². The Morgan fingerprint density at radius 2 is 2.10 bits per heavy atom. The van der Waals surface area contributed by atoms with Gasteiger partial charge in [-0.05, 0) is 6.42 Å². The molecular weight excluding hydrogens is 262 g/mol. The van der Waals surface area contributed by atoms with Gasteiger partial charge in [0.15, 0.2) is 11.5 Å². The van der Waals surface area contributed by atoms with Crippen LogP contribution in [0.4, 0.5) is 0 Å². The van der Waals surface area contributed by atoms with Crippen molar-refractivity contribution in [2.45, 2.75) is 46.1 Å². The lowest BCUT2D eigenvalue weighted by Crippen LogP contribution is -2.14. The molecule has 20 heavy (non-hydrogen) atoms. The number of hydrogen-bond acceptors (Lipinski definition) is 6. The highest BCUT2D eigenvalue weighted by Gasteiger charge is 2.23. The molecule has 108 valence electrons. The van der Waals surface area contributed by atoms with Gasteiger partial charge in [0.1, 0.15) is 6.54 Å². The van der Waals surface area contributed by atoms with Crippen molar-refractivity contribution >= 4 is 5.97 Å². The minimum absolute atomic E-state index is 0.0388. The summed E-state index contributed by atoms with van der Waals surface area (Å²) < 4.78 is 6.64. The molecule has 0 aliphatic rings. The van der Waals surface area contributed by atoms with Gasteiger partial charge >= 0.3 is 5.97 Å². The Morgan fingerprint density at radius 3 is 2.60 bits per heavy atom. The van der Waals surface area contributed by atoms with Crippen LogP contribution in [0.2, 0.25) is 0 Å². The summed E-state index contributed by atoms with van der Waals surface area (Å²) in [7, 11) is 0. The number of carbonyl (C=O) groups is 1. The standard InChI is InChI=1S/C12H17N5O3/c1-5-7-9(10(18)19)14-16-17(7)6-8-13-11(15-20-8)12(2,3)4/h5-6H2,1-4H3,(H,18,19). The van der Waals surface area contributed by atoms with Crippen molar-refractivity contribution in [2.24, 2.45) is 0 Å². The molecule has 0 aliphatic carbocycles. The summed E-state index contributed by atoms with van der Waals surface area (Å²) in [6.45, 7) is 8.01. The van der Waals surface area contributed by atoms with Crippen LogP contribution in [0, 0.1) is 0 Å². The molecule has 8 nitrogen and oxygen atoms in total. The topological polar surface area (TPSA) is 107 Å². The van der Waals surface area contributed by atoms with Gasteiger partial charge in [-0.2, -0.15) is 4.98 Å². The van der Waals surface area contributed by atoms with Crippen LogP contribution >= 0.6 is 0 Å². The molecule has 0 saturated carbocycles. The Hall–Kier alpha value is -2.25. The van der Waals surface area contributed by atoms with Crippen LogP contribution in [0.15, 0.2) is 4.52 Å². The number of hydrogen-bond donors (Lipinski definition) is 1. The van der Waals surface area contributed by atoms with Crippen LogP contribution in [-0.2, 0) is 18.4 Å². The second-order valence-electron chi connectivity index (χ2n) is 5.46. The van der Waals surface area contributed by atoms with Crippen molar-refractivity contribution < 1.29 is 14.4 Å². The second kappa shape index (κ2) is 5.03. The average molecular weight is 279 g/mol. The van der Waals surface area contributed by atoms with Crippen LogP contribution in [0.3, 0.4) is 0 Å². The minimum atomic E-state index is -1.09. The van der Waals surface area contributed by atoms with E-state index in [0.717, 1.165) is 0 Å². The van der Waals surface area contributed by atoms with E-state index in [1.54, 1.807) is 0 Å². The molecule has 0 fully saturated rings. The quantitative estimate of drug-likeness (QED) is 0.897. The van der Waals surface area contributed by atoms with E-state index in [1.807, 2.05) is 27.7 Å². The third-order valence-electron chi connectivity index (χ3n) is 2.80. The molecule has 0 aromatic carbocycles. The van der Waals surface area contributed by atoms with E-state index in [1.165, 1.54) is 4.68 Å². The summed E-state index contributed by atoms with van der Waals surface area (Å²) in [5, 5.41) is 20.4. The van der Waals surface area contributed by atoms with Crippen molar-refractivity contribution in [1.82, 2.24) is 25.1 Å². The molecule has 0 amide bonds. The fourth-order valence-electron chi connectivity index (χ4n) is 1.73. The molecule has 0 saturated heterocycles. The molecule has 2 rings (SSSR count). The first-order chi connectivity index (χ1) is 9.32. The summed E-state index contributed by atoms with van der Waals surface area (Å²) in [5.41, 5.74) is 0.292. The predicted molar refractivity (Wildman–Crippen MR) is 68.5 cm³/mol. The summed E-state index contributed by atoms with van der Waals surface area (Å²) in [4.78, 5) is 15.3. The Bertz CT molecular complexity index is 623. The van der Waals surface area contributed by atoms with E-state index in [4.69, 9.17) is 9.63 Å². The molecular formula is C12H17N5O3. The van der Waals surface area contributed by atoms with Gasteiger partial charge in [0.05, 0.1) is 5.69 Å². The molecule has 2 aromatic heterocycles. The van der Waals surface area contributed by atoms with Gasteiger partial charge in [0.2, 0.25) is 5.89 Å². The zero-order valence-corrected chi connectivity index (χ0v) is 11.9. The van der Waals surface area contributed by atoms with Crippen molar-refractivity contribution in [3.8, 4) is 0 Å². The van der Waals surface area contributed by atoms with Crippen molar-refractivity contribution in [3.63, 3.8) is 0 Å². The maximum atomic E-state index is 11.0. The van der Waals surface area contributed by atoms with Gasteiger partial charge in [-0.25, -0.2) is 9.48 Å². The van der Waals surface area contributed by atoms with E-state index in [2.05, 4.69) is 20.5 Å². The molecule has 0 atom stereocenters. The molecule has 0 unspecified atom stereocenters. The molecule has 2 heterocycles. The molecule has 0 bridgehead atoms. The van der Waals surface area contributed by atoms with Crippen molar-refractivity contribution in [3.05, 3.63) is 23.1 Å². The highest BCUT2D eigenvalue weighted by molar-refractivity contribution is 5.86. The maximum Gasteiger partial charge on any atom is 0.358 e. The Morgan fingerprint density at radius 1 is 1.40 bits per heavy atom. The highest BCUT2D eigenvalue weighted by Crippen LogP contribution is 2.19. The first-order valence-corrected chi connectivity index (χ1v) is 6.31. The Labute approximate surface area is 115 Å². The zero-order chi connectivity index (χ0) is 14.9. The van der Waals surface area contributed by atoms with Crippen LogP contribution in [-0.4, -0.2) is 36.2 Å². The number of rotatable bonds is 4. The van der Waals surface area contributed by atoms with E-state index in [-0.39, 0.29) is 17.7 Å². The number of aromatic carboxylic acids is 1. The normalized spacial score (nSPS) is 11.8. The highest BCUT2D eigenvalue weighted by atomic mass is 16.5. The van der Waals surface area contributed by atoms with E-state index < -0.39 is 5.97 Å². The largest absolute Gasteiger partial charge is 0.476 e. The minimum Gasteiger partial charge on any atom is -0.476 e. The smallest absolute Gasteiger partial charge is 0.358 e. The summed E-state index contributed by atoms with van der Waals surface area (Å²) in [6, 6.07) is 0. The van der Waals surface area contributed by atoms with Crippen molar-refractivity contribution in [1.29, 1.82) is 0 Å². The first-order valence-electron chi connectivity index (χ1n) is 6.31. The Kier molecular flexibility index (Phi) is 3.56. The van der Waals surface area contributed by atoms with Crippen LogP contribution in [0.5, 0.6) is 0 Å². The predicted octanol–water partition coefficient (Wildman–Crippen LogP) is 1.27. The zero-order valence-electron chi connectivity index (χ0n) is 11.9. The number of nitrogens with zero attached hydrogens (tertiary/aromatic N) is 5. The summed E-state index contributed by atoms with van der Waals surface area (Å²) in [5.74, 6) is -0.107. The van der Waals surface area contributed by atoms with Gasteiger partial charge < -0.3 is 9.63 Å². The first kappa shape index (κ1) is 14.2. The fraction of sp³-hybridized carbons (Fsp3) is 0.583. The van der Waals surface area contributed by atoms with Crippen LogP contribution in [0.1, 0.15) is 55.6 Å². The Balaban J connectivity index is 2.26. The van der Waals surface area contributed by atoms with Crippen LogP contribution in [0.25, 0.3) is 0 Å². The summed E-state index contributed by atoms with van der Waals surface area (Å²) in [6.07, 6.45) is 0.509. The molecule has 0 spiro atoms. The van der Waals surface area contributed by atoms with Gasteiger partial charge in [0.25, 0.3) is 0 Å². The van der Waals surface area contributed by atoms with Gasteiger partial charge in [-0.1, -0.05) is 38.1 Å². The number of carboxylic acids is 1. The third-order valence-corrected chi connectivity index (χ3v) is 2.80. The van der Waals surface area contributed by atoms with E-state index in [0.29, 0.717) is 23.8 Å². The SMILES string of the molecule is CCc1c(C(=O)O)nnn1Cc1nc(C(C)(C)C)no1. The van der Waals surface area contributed by atoms with Gasteiger partial charge in [-0.15, -0.1) is 5.10 Å². The second-order valence-corrected chi connectivity index (χ2v) is 5.46. The average Bonchev–Trinajstić information content (AvgIpc) is 2.95. The fourth-order valence-corrected chi connectivity index (χ4v) is 1.73. The molecule has 0 aliphatic heterocycles. The lowest BCUT2D eigenvalue weighted by atomic mass is 9.96. The monoisotopic (exact) mass is 279 g/mol. The number of carboxylic acid groups (broad SMARTS) is 1. The molecule has 8 heteroatoms. The lowest BCUT2D eigenvalue weighted by Gasteiger charge is -2.10. The van der Waals surface area contributed by atoms with Crippen LogP contribution < -0.4 is 0 Å². The maximum absolute atomic E-state index is 11.0.